The lowest BCUT2D eigenvalue weighted by Crippen LogP contribution is -2.49. The van der Waals surface area contributed by atoms with E-state index in [1.54, 1.807) is 24.3 Å². The second-order valence-electron chi connectivity index (χ2n) is 7.69. The molecule has 0 aliphatic carbocycles. The molecule has 2 N–H and O–H groups in total. The second-order valence-corrected chi connectivity index (χ2v) is 7.69. The largest absolute Gasteiger partial charge is 0.350 e. The fraction of sp³-hybridized carbons (Fsp3) is 0.381. The molecule has 1 atom stereocenters. The predicted molar refractivity (Wildman–Crippen MR) is 117 cm³/mol. The topological polar surface area (TPSA) is 110 Å². The maximum absolute atomic E-state index is 12.4. The first-order chi connectivity index (χ1) is 14.9. The molecule has 162 valence electrons. The molecule has 1 unspecified atom stereocenters. The van der Waals surface area contributed by atoms with Gasteiger partial charge in [0.25, 0.3) is 5.91 Å². The van der Waals surface area contributed by atoms with Crippen LogP contribution in [0.3, 0.4) is 0 Å². The lowest BCUT2D eigenvalue weighted by Gasteiger charge is -2.35. The van der Waals surface area contributed by atoms with Gasteiger partial charge in [0.1, 0.15) is 5.69 Å². The Labute approximate surface area is 180 Å². The van der Waals surface area contributed by atoms with Gasteiger partial charge in [-0.25, -0.2) is 4.98 Å². The molecule has 1 amide bonds. The van der Waals surface area contributed by atoms with Crippen LogP contribution in [0.15, 0.2) is 36.8 Å². The smallest absolute Gasteiger partial charge is 0.274 e. The number of pyridine rings is 1. The van der Waals surface area contributed by atoms with Crippen LogP contribution in [0.25, 0.3) is 0 Å². The normalized spacial score (nSPS) is 15.7. The van der Waals surface area contributed by atoms with Crippen LogP contribution in [0.5, 0.6) is 0 Å². The van der Waals surface area contributed by atoms with E-state index in [1.165, 1.54) is 0 Å². The van der Waals surface area contributed by atoms with Crippen molar-refractivity contribution in [3.63, 3.8) is 0 Å². The van der Waals surface area contributed by atoms with Crippen molar-refractivity contribution in [2.45, 2.75) is 46.2 Å². The minimum atomic E-state index is -0.737. The Morgan fingerprint density at radius 2 is 2.13 bits per heavy atom. The van der Waals surface area contributed by atoms with Crippen LogP contribution in [0.4, 0.5) is 17.5 Å². The van der Waals surface area contributed by atoms with Gasteiger partial charge in [-0.05, 0) is 32.9 Å². The van der Waals surface area contributed by atoms with E-state index in [1.807, 2.05) is 49.8 Å². The van der Waals surface area contributed by atoms with E-state index in [9.17, 15) is 4.79 Å². The molecule has 0 fully saturated rings. The third kappa shape index (κ3) is 4.64. The number of fused-ring (bicyclic) bond motifs is 1. The highest BCUT2D eigenvalue weighted by molar-refractivity contribution is 6.02. The zero-order chi connectivity index (χ0) is 22.0. The number of ether oxygens (including phenoxy) is 1. The van der Waals surface area contributed by atoms with Gasteiger partial charge in [0.15, 0.2) is 5.82 Å². The van der Waals surface area contributed by atoms with Crippen molar-refractivity contribution in [2.24, 2.45) is 0 Å². The van der Waals surface area contributed by atoms with Crippen LogP contribution in [-0.4, -0.2) is 50.0 Å². The number of amides is 1. The number of hydrogen-bond acceptors (Lipinski definition) is 8. The van der Waals surface area contributed by atoms with E-state index in [-0.39, 0.29) is 12.0 Å². The summed E-state index contributed by atoms with van der Waals surface area (Å²) in [6, 6.07) is 5.82. The van der Waals surface area contributed by atoms with E-state index >= 15 is 0 Å². The highest BCUT2D eigenvalue weighted by Crippen LogP contribution is 2.32. The van der Waals surface area contributed by atoms with Gasteiger partial charge in [-0.3, -0.25) is 14.5 Å². The molecular weight excluding hydrogens is 396 g/mol. The Hall–Kier alpha value is -3.53. The molecule has 3 aromatic rings. The summed E-state index contributed by atoms with van der Waals surface area (Å²) in [7, 11) is 1.79. The van der Waals surface area contributed by atoms with Crippen molar-refractivity contribution in [1.29, 1.82) is 0 Å². The summed E-state index contributed by atoms with van der Waals surface area (Å²) in [5.74, 6) is 0.863. The van der Waals surface area contributed by atoms with Gasteiger partial charge in [0, 0.05) is 31.5 Å². The van der Waals surface area contributed by atoms with E-state index < -0.39 is 6.23 Å². The van der Waals surface area contributed by atoms with Gasteiger partial charge < -0.3 is 20.3 Å². The Morgan fingerprint density at radius 1 is 1.29 bits per heavy atom. The highest BCUT2D eigenvalue weighted by Gasteiger charge is 2.34. The fourth-order valence-electron chi connectivity index (χ4n) is 3.34. The SMILES string of the molecule is Cc1nc(NCc2cnn(Cc3ccccn3)c2)nc2c1NC(=O)C(OC(C)C)N2C. The quantitative estimate of drug-likeness (QED) is 0.596. The molecule has 4 rings (SSSR count). The number of nitrogens with one attached hydrogen (secondary N) is 2. The molecule has 0 spiro atoms. The van der Waals surface area contributed by atoms with Crippen LogP contribution in [0, 0.1) is 6.92 Å². The number of aryl methyl sites for hydroxylation is 1. The summed E-state index contributed by atoms with van der Waals surface area (Å²) < 4.78 is 7.59. The van der Waals surface area contributed by atoms with Crippen molar-refractivity contribution in [3.8, 4) is 0 Å². The molecule has 1 aliphatic heterocycles. The van der Waals surface area contributed by atoms with Crippen LogP contribution in [0.1, 0.15) is 30.8 Å². The second kappa shape index (κ2) is 8.68. The van der Waals surface area contributed by atoms with Crippen molar-refractivity contribution < 1.29 is 9.53 Å². The molecular formula is C21H26N8O2. The lowest BCUT2D eigenvalue weighted by atomic mass is 10.2. The molecule has 10 nitrogen and oxygen atoms in total. The van der Waals surface area contributed by atoms with Gasteiger partial charge >= 0.3 is 0 Å². The van der Waals surface area contributed by atoms with E-state index in [0.29, 0.717) is 36.2 Å². The monoisotopic (exact) mass is 422 g/mol. The molecule has 0 saturated carbocycles. The lowest BCUT2D eigenvalue weighted by molar-refractivity contribution is -0.130. The molecule has 4 heterocycles. The van der Waals surface area contributed by atoms with Gasteiger partial charge in [-0.1, -0.05) is 6.07 Å². The minimum Gasteiger partial charge on any atom is -0.350 e. The standard InChI is InChI=1S/C21H26N8O2/c1-13(2)31-20-19(30)26-17-14(3)25-21(27-18(17)28(20)4)23-9-15-10-24-29(11-15)12-16-7-5-6-8-22-16/h5-8,10-11,13,20H,9,12H2,1-4H3,(H,26,30)(H,23,25,27). The maximum atomic E-state index is 12.4. The van der Waals surface area contributed by atoms with Gasteiger partial charge in [-0.15, -0.1) is 0 Å². The number of carbonyl (C=O) groups is 1. The predicted octanol–water partition coefficient (Wildman–Crippen LogP) is 2.18. The molecule has 0 aromatic carbocycles. The summed E-state index contributed by atoms with van der Waals surface area (Å²) >= 11 is 0. The van der Waals surface area contributed by atoms with Crippen molar-refractivity contribution in [2.75, 3.05) is 22.6 Å². The number of carbonyl (C=O) groups excluding carboxylic acids is 1. The molecule has 31 heavy (non-hydrogen) atoms. The summed E-state index contributed by atoms with van der Waals surface area (Å²) in [6.45, 7) is 6.75. The minimum absolute atomic E-state index is 0.0945. The van der Waals surface area contributed by atoms with Crippen LogP contribution >= 0.6 is 0 Å². The van der Waals surface area contributed by atoms with E-state index in [0.717, 1.165) is 11.3 Å². The zero-order valence-electron chi connectivity index (χ0n) is 18.0. The van der Waals surface area contributed by atoms with Gasteiger partial charge in [-0.2, -0.15) is 10.1 Å². The first-order valence-corrected chi connectivity index (χ1v) is 10.1. The number of rotatable bonds is 7. The van der Waals surface area contributed by atoms with Crippen molar-refractivity contribution in [3.05, 3.63) is 53.7 Å². The molecule has 0 bridgehead atoms. The van der Waals surface area contributed by atoms with E-state index in [2.05, 4.69) is 30.7 Å². The van der Waals surface area contributed by atoms with Gasteiger partial charge in [0.2, 0.25) is 12.2 Å². The number of anilines is 3. The molecule has 0 saturated heterocycles. The third-order valence-electron chi connectivity index (χ3n) is 4.82. The third-order valence-corrected chi connectivity index (χ3v) is 4.82. The molecule has 0 radical (unpaired) electrons. The first kappa shape index (κ1) is 20.7. The summed E-state index contributed by atoms with van der Waals surface area (Å²) in [6.07, 6.45) is 4.71. The average Bonchev–Trinajstić information content (AvgIpc) is 3.18. The number of hydrogen-bond donors (Lipinski definition) is 2. The Balaban J connectivity index is 1.46. The number of nitrogens with zero attached hydrogens (tertiary/aromatic N) is 6. The van der Waals surface area contributed by atoms with Crippen LogP contribution in [-0.2, 0) is 22.6 Å². The molecule has 1 aliphatic rings. The van der Waals surface area contributed by atoms with E-state index in [4.69, 9.17) is 4.74 Å². The maximum Gasteiger partial charge on any atom is 0.274 e. The molecule has 3 aromatic heterocycles. The fourth-order valence-corrected chi connectivity index (χ4v) is 3.34. The van der Waals surface area contributed by atoms with Gasteiger partial charge in [0.05, 0.1) is 30.2 Å². The summed E-state index contributed by atoms with van der Waals surface area (Å²) in [4.78, 5) is 27.6. The van der Waals surface area contributed by atoms with Crippen LogP contribution < -0.4 is 15.5 Å². The zero-order valence-corrected chi connectivity index (χ0v) is 18.0. The Kier molecular flexibility index (Phi) is 5.81. The molecule has 10 heteroatoms. The average molecular weight is 422 g/mol. The number of aromatic nitrogens is 5. The Morgan fingerprint density at radius 3 is 2.87 bits per heavy atom. The van der Waals surface area contributed by atoms with Crippen molar-refractivity contribution >= 4 is 23.4 Å². The van der Waals surface area contributed by atoms with Crippen molar-refractivity contribution in [1.82, 2.24) is 24.7 Å². The first-order valence-electron chi connectivity index (χ1n) is 10.1. The number of likely N-dealkylation sites (N-methyl/N-ethyl adjacent to an activating group) is 1. The summed E-state index contributed by atoms with van der Waals surface area (Å²) in [5, 5.41) is 10.5. The van der Waals surface area contributed by atoms with Crippen LogP contribution in [0.2, 0.25) is 0 Å². The Bertz CT molecular complexity index is 1070. The summed E-state index contributed by atoms with van der Waals surface area (Å²) in [5.41, 5.74) is 3.23. The highest BCUT2D eigenvalue weighted by atomic mass is 16.5.